The lowest BCUT2D eigenvalue weighted by molar-refractivity contribution is -0.137. The van der Waals surface area contributed by atoms with Gasteiger partial charge < -0.3 is 5.32 Å². The van der Waals surface area contributed by atoms with Crippen molar-refractivity contribution in [2.45, 2.75) is 13.1 Å². The fraction of sp³-hybridized carbons (Fsp3) is 0.214. The first-order valence-corrected chi connectivity index (χ1v) is 5.75. The van der Waals surface area contributed by atoms with Crippen LogP contribution in [0, 0.1) is 6.92 Å². The number of aromatic nitrogens is 1. The van der Waals surface area contributed by atoms with Gasteiger partial charge >= 0.3 is 6.18 Å². The SMILES string of the molecule is CNc1ccc(-c2ccc(C(F)(F)F)cc2)nc1C. The van der Waals surface area contributed by atoms with Crippen molar-refractivity contribution in [1.82, 2.24) is 4.98 Å². The van der Waals surface area contributed by atoms with Crippen LogP contribution in [0.1, 0.15) is 11.3 Å². The zero-order valence-corrected chi connectivity index (χ0v) is 10.5. The Hall–Kier alpha value is -2.04. The van der Waals surface area contributed by atoms with Crippen LogP contribution in [0.25, 0.3) is 11.3 Å². The van der Waals surface area contributed by atoms with Crippen molar-refractivity contribution in [3.05, 3.63) is 47.7 Å². The smallest absolute Gasteiger partial charge is 0.387 e. The van der Waals surface area contributed by atoms with E-state index in [4.69, 9.17) is 0 Å². The van der Waals surface area contributed by atoms with E-state index < -0.39 is 11.7 Å². The normalized spacial score (nSPS) is 11.4. The molecule has 2 aromatic rings. The van der Waals surface area contributed by atoms with Gasteiger partial charge in [-0.3, -0.25) is 4.98 Å². The minimum absolute atomic E-state index is 0.653. The Morgan fingerprint density at radius 2 is 1.63 bits per heavy atom. The van der Waals surface area contributed by atoms with E-state index >= 15 is 0 Å². The Kier molecular flexibility index (Phi) is 3.46. The highest BCUT2D eigenvalue weighted by atomic mass is 19.4. The Balaban J connectivity index is 2.35. The maximum atomic E-state index is 12.5. The lowest BCUT2D eigenvalue weighted by Crippen LogP contribution is -2.04. The summed E-state index contributed by atoms with van der Waals surface area (Å²) in [5, 5.41) is 2.99. The van der Waals surface area contributed by atoms with Crippen LogP contribution in [0.5, 0.6) is 0 Å². The fourth-order valence-electron chi connectivity index (χ4n) is 1.82. The quantitative estimate of drug-likeness (QED) is 0.884. The van der Waals surface area contributed by atoms with Crippen LogP contribution < -0.4 is 5.32 Å². The van der Waals surface area contributed by atoms with Crippen molar-refractivity contribution < 1.29 is 13.2 Å². The number of hydrogen-bond donors (Lipinski definition) is 1. The highest BCUT2D eigenvalue weighted by Crippen LogP contribution is 2.30. The molecule has 0 aliphatic heterocycles. The standard InChI is InChI=1S/C14H13F3N2/c1-9-12(18-2)7-8-13(19-9)10-3-5-11(6-4-10)14(15,16)17/h3-8,18H,1-2H3. The molecule has 1 aromatic heterocycles. The van der Waals surface area contributed by atoms with Crippen LogP contribution in [-0.2, 0) is 6.18 Å². The molecule has 0 saturated heterocycles. The highest BCUT2D eigenvalue weighted by molar-refractivity contribution is 5.63. The average Bonchev–Trinajstić information content (AvgIpc) is 2.38. The van der Waals surface area contributed by atoms with Crippen molar-refractivity contribution in [2.24, 2.45) is 0 Å². The molecule has 0 aliphatic carbocycles. The van der Waals surface area contributed by atoms with E-state index in [1.165, 1.54) is 12.1 Å². The molecule has 2 nitrogen and oxygen atoms in total. The number of rotatable bonds is 2. The summed E-state index contributed by atoms with van der Waals surface area (Å²) < 4.78 is 37.4. The van der Waals surface area contributed by atoms with Gasteiger partial charge in [0.25, 0.3) is 0 Å². The highest BCUT2D eigenvalue weighted by Gasteiger charge is 2.29. The fourth-order valence-corrected chi connectivity index (χ4v) is 1.82. The van der Waals surface area contributed by atoms with E-state index in [0.29, 0.717) is 11.3 Å². The van der Waals surface area contributed by atoms with Gasteiger partial charge in [0.2, 0.25) is 0 Å². The van der Waals surface area contributed by atoms with E-state index in [-0.39, 0.29) is 0 Å². The van der Waals surface area contributed by atoms with E-state index in [9.17, 15) is 13.2 Å². The Labute approximate surface area is 109 Å². The first-order valence-electron chi connectivity index (χ1n) is 5.75. The summed E-state index contributed by atoms with van der Waals surface area (Å²) in [6, 6.07) is 8.64. The molecule has 2 rings (SSSR count). The average molecular weight is 266 g/mol. The lowest BCUT2D eigenvalue weighted by atomic mass is 10.1. The van der Waals surface area contributed by atoms with Crippen LogP contribution >= 0.6 is 0 Å². The van der Waals surface area contributed by atoms with Crippen molar-refractivity contribution in [3.63, 3.8) is 0 Å². The Morgan fingerprint density at radius 1 is 1.00 bits per heavy atom. The second kappa shape index (κ2) is 4.91. The molecule has 1 aromatic carbocycles. The monoisotopic (exact) mass is 266 g/mol. The van der Waals surface area contributed by atoms with Crippen molar-refractivity contribution in [2.75, 3.05) is 12.4 Å². The molecule has 0 atom stereocenters. The number of nitrogens with zero attached hydrogens (tertiary/aromatic N) is 1. The maximum Gasteiger partial charge on any atom is 0.416 e. The predicted molar refractivity (Wildman–Crippen MR) is 69.0 cm³/mol. The van der Waals surface area contributed by atoms with Crippen molar-refractivity contribution >= 4 is 5.69 Å². The van der Waals surface area contributed by atoms with Crippen LogP contribution in [0.2, 0.25) is 0 Å². The van der Waals surface area contributed by atoms with Crippen molar-refractivity contribution in [1.29, 1.82) is 0 Å². The molecule has 0 unspecified atom stereocenters. The predicted octanol–water partition coefficient (Wildman–Crippen LogP) is 4.12. The topological polar surface area (TPSA) is 24.9 Å². The summed E-state index contributed by atoms with van der Waals surface area (Å²) in [7, 11) is 1.79. The first kappa shape index (κ1) is 13.4. The summed E-state index contributed by atoms with van der Waals surface area (Å²) in [6.07, 6.45) is -4.31. The van der Waals surface area contributed by atoms with Gasteiger partial charge in [0.05, 0.1) is 22.6 Å². The second-order valence-electron chi connectivity index (χ2n) is 4.15. The molecular weight excluding hydrogens is 253 g/mol. The summed E-state index contributed by atoms with van der Waals surface area (Å²) in [4.78, 5) is 4.36. The van der Waals surface area contributed by atoms with Gasteiger partial charge in [-0.05, 0) is 31.2 Å². The minimum Gasteiger partial charge on any atom is -0.387 e. The molecule has 0 saturated carbocycles. The summed E-state index contributed by atoms with van der Waals surface area (Å²) >= 11 is 0. The van der Waals surface area contributed by atoms with Crippen molar-refractivity contribution in [3.8, 4) is 11.3 Å². The number of alkyl halides is 3. The van der Waals surface area contributed by atoms with Gasteiger partial charge in [0, 0.05) is 12.6 Å². The molecule has 0 bridgehead atoms. The largest absolute Gasteiger partial charge is 0.416 e. The molecule has 19 heavy (non-hydrogen) atoms. The first-order chi connectivity index (χ1) is 8.91. The van der Waals surface area contributed by atoms with Gasteiger partial charge in [0.1, 0.15) is 0 Å². The number of anilines is 1. The van der Waals surface area contributed by atoms with Gasteiger partial charge in [-0.25, -0.2) is 0 Å². The number of nitrogens with one attached hydrogen (secondary N) is 1. The van der Waals surface area contributed by atoms with Gasteiger partial charge in [-0.1, -0.05) is 12.1 Å². The molecule has 0 radical (unpaired) electrons. The van der Waals surface area contributed by atoms with E-state index in [2.05, 4.69) is 10.3 Å². The number of hydrogen-bond acceptors (Lipinski definition) is 2. The van der Waals surface area contributed by atoms with E-state index in [1.54, 1.807) is 13.1 Å². The molecule has 1 N–H and O–H groups in total. The zero-order valence-electron chi connectivity index (χ0n) is 10.5. The summed E-state index contributed by atoms with van der Waals surface area (Å²) in [6.45, 7) is 1.85. The zero-order chi connectivity index (χ0) is 14.0. The molecule has 100 valence electrons. The third-order valence-electron chi connectivity index (χ3n) is 2.86. The molecule has 1 heterocycles. The van der Waals surface area contributed by atoms with Gasteiger partial charge in [-0.2, -0.15) is 13.2 Å². The Morgan fingerprint density at radius 3 is 2.11 bits per heavy atom. The molecule has 0 amide bonds. The third kappa shape index (κ3) is 2.86. The summed E-state index contributed by atoms with van der Waals surface area (Å²) in [5.41, 5.74) is 2.37. The van der Waals surface area contributed by atoms with Gasteiger partial charge in [-0.15, -0.1) is 0 Å². The Bertz CT molecular complexity index is 574. The molecule has 0 aliphatic rings. The number of aryl methyl sites for hydroxylation is 1. The molecule has 5 heteroatoms. The van der Waals surface area contributed by atoms with Crippen LogP contribution in [0.15, 0.2) is 36.4 Å². The molecule has 0 spiro atoms. The lowest BCUT2D eigenvalue weighted by Gasteiger charge is -2.09. The van der Waals surface area contributed by atoms with Crippen LogP contribution in [0.3, 0.4) is 0 Å². The van der Waals surface area contributed by atoms with E-state index in [0.717, 1.165) is 23.5 Å². The second-order valence-corrected chi connectivity index (χ2v) is 4.15. The minimum atomic E-state index is -4.31. The number of pyridine rings is 1. The maximum absolute atomic E-state index is 12.5. The van der Waals surface area contributed by atoms with Gasteiger partial charge in [0.15, 0.2) is 0 Å². The van der Waals surface area contributed by atoms with Crippen LogP contribution in [0.4, 0.5) is 18.9 Å². The number of benzene rings is 1. The third-order valence-corrected chi connectivity index (χ3v) is 2.86. The summed E-state index contributed by atoms with van der Waals surface area (Å²) in [5.74, 6) is 0. The molecule has 0 fully saturated rings. The number of halogens is 3. The van der Waals surface area contributed by atoms with E-state index in [1.807, 2.05) is 13.0 Å². The van der Waals surface area contributed by atoms with Crippen LogP contribution in [-0.4, -0.2) is 12.0 Å². The molecular formula is C14H13F3N2.